The van der Waals surface area contributed by atoms with Crippen LogP contribution in [0.2, 0.25) is 10.0 Å². The summed E-state index contributed by atoms with van der Waals surface area (Å²) in [6.07, 6.45) is 0. The topological polar surface area (TPSA) is 12.5 Å². The first-order valence-corrected chi connectivity index (χ1v) is 9.67. The molecule has 1 aliphatic heterocycles. The van der Waals surface area contributed by atoms with Crippen LogP contribution in [-0.2, 0) is 0 Å². The second-order valence-corrected chi connectivity index (χ2v) is 7.45. The van der Waals surface area contributed by atoms with Crippen LogP contribution in [-0.4, -0.2) is 0 Å². The van der Waals surface area contributed by atoms with Crippen LogP contribution in [0.25, 0.3) is 11.1 Å². The maximum atomic E-state index is 6.28. The average Bonchev–Trinajstić information content (AvgIpc) is 2.73. The molecule has 0 spiro atoms. The Morgan fingerprint density at radius 2 is 1.11 bits per heavy atom. The fourth-order valence-electron chi connectivity index (χ4n) is 3.46. The van der Waals surface area contributed by atoms with Crippen LogP contribution in [0.15, 0.2) is 91.0 Å². The molecule has 0 fully saturated rings. The van der Waals surface area contributed by atoms with Crippen LogP contribution in [0, 0.1) is 0 Å². The van der Waals surface area contributed by atoms with Crippen molar-refractivity contribution in [1.82, 2.24) is 0 Å². The third-order valence-electron chi connectivity index (χ3n) is 4.78. The van der Waals surface area contributed by atoms with Crippen molar-refractivity contribution in [3.63, 3.8) is 0 Å². The molecular formula is C24H15Cl2NO. The smallest absolute Gasteiger partial charge is 0.151 e. The van der Waals surface area contributed by atoms with Gasteiger partial charge in [0.05, 0.1) is 11.4 Å². The Labute approximate surface area is 173 Å². The van der Waals surface area contributed by atoms with Gasteiger partial charge in [0.1, 0.15) is 0 Å². The van der Waals surface area contributed by atoms with Crippen molar-refractivity contribution in [2.45, 2.75) is 0 Å². The van der Waals surface area contributed by atoms with E-state index in [2.05, 4.69) is 41.3 Å². The number of benzene rings is 4. The standard InChI is InChI=1S/C24H15Cl2NO/c25-18-8-12-23-21(14-18)27(22-15-19(26)9-13-24(22)28-23)20-10-6-17(7-11-20)16-4-2-1-3-5-16/h1-15H. The molecule has 0 amide bonds. The first kappa shape index (κ1) is 17.2. The van der Waals surface area contributed by atoms with Gasteiger partial charge in [0.25, 0.3) is 0 Å². The summed E-state index contributed by atoms with van der Waals surface area (Å²) in [7, 11) is 0. The van der Waals surface area contributed by atoms with Gasteiger partial charge in [-0.05, 0) is 59.7 Å². The van der Waals surface area contributed by atoms with Crippen molar-refractivity contribution in [3.05, 3.63) is 101 Å². The molecule has 0 aromatic heterocycles. The number of fused-ring (bicyclic) bond motifs is 2. The zero-order chi connectivity index (χ0) is 19.1. The number of hydrogen-bond acceptors (Lipinski definition) is 2. The minimum absolute atomic E-state index is 0.652. The highest BCUT2D eigenvalue weighted by Gasteiger charge is 2.26. The molecule has 4 heteroatoms. The summed E-state index contributed by atoms with van der Waals surface area (Å²) in [5.41, 5.74) is 5.12. The second kappa shape index (κ2) is 6.90. The molecule has 0 radical (unpaired) electrons. The predicted molar refractivity (Wildman–Crippen MR) is 117 cm³/mol. The SMILES string of the molecule is Clc1ccc2c(c1)N(c1ccc(-c3ccccc3)cc1)c1cc(Cl)ccc1O2. The molecule has 0 unspecified atom stereocenters. The molecule has 28 heavy (non-hydrogen) atoms. The van der Waals surface area contributed by atoms with Crippen molar-refractivity contribution >= 4 is 40.3 Å². The van der Waals surface area contributed by atoms with Crippen LogP contribution >= 0.6 is 23.2 Å². The second-order valence-electron chi connectivity index (χ2n) is 6.57. The summed E-state index contributed by atoms with van der Waals surface area (Å²) >= 11 is 12.6. The van der Waals surface area contributed by atoms with Crippen LogP contribution in [0.4, 0.5) is 17.1 Å². The quantitative estimate of drug-likeness (QED) is 0.294. The molecule has 0 saturated heterocycles. The number of rotatable bonds is 2. The summed E-state index contributed by atoms with van der Waals surface area (Å²) in [5.74, 6) is 1.51. The molecule has 4 aromatic rings. The number of halogens is 2. The van der Waals surface area contributed by atoms with Gasteiger partial charge in [-0.25, -0.2) is 0 Å². The van der Waals surface area contributed by atoms with E-state index in [0.717, 1.165) is 34.1 Å². The lowest BCUT2D eigenvalue weighted by molar-refractivity contribution is 0.477. The molecule has 1 aliphatic rings. The highest BCUT2D eigenvalue weighted by molar-refractivity contribution is 6.31. The van der Waals surface area contributed by atoms with E-state index in [4.69, 9.17) is 27.9 Å². The maximum absolute atomic E-state index is 6.28. The van der Waals surface area contributed by atoms with Gasteiger partial charge in [-0.2, -0.15) is 0 Å². The first-order valence-electron chi connectivity index (χ1n) is 8.92. The number of nitrogens with zero attached hydrogens (tertiary/aromatic N) is 1. The van der Waals surface area contributed by atoms with E-state index in [1.54, 1.807) is 0 Å². The van der Waals surface area contributed by atoms with Crippen LogP contribution < -0.4 is 9.64 Å². The summed E-state index contributed by atoms with van der Waals surface area (Å²) < 4.78 is 6.07. The van der Waals surface area contributed by atoms with Crippen molar-refractivity contribution in [3.8, 4) is 22.6 Å². The third-order valence-corrected chi connectivity index (χ3v) is 5.25. The molecule has 1 heterocycles. The third kappa shape index (κ3) is 3.01. The predicted octanol–water partition coefficient (Wildman–Crippen LogP) is 8.24. The van der Waals surface area contributed by atoms with Crippen LogP contribution in [0.3, 0.4) is 0 Å². The van der Waals surface area contributed by atoms with Crippen molar-refractivity contribution in [2.24, 2.45) is 0 Å². The molecular weight excluding hydrogens is 389 g/mol. The molecule has 0 aliphatic carbocycles. The molecule has 0 saturated carbocycles. The Kier molecular flexibility index (Phi) is 4.23. The molecule has 2 nitrogen and oxygen atoms in total. The Balaban J connectivity index is 1.65. The Morgan fingerprint density at radius 3 is 1.68 bits per heavy atom. The van der Waals surface area contributed by atoms with Gasteiger partial charge in [-0.1, -0.05) is 65.7 Å². The molecule has 4 aromatic carbocycles. The Hall–Kier alpha value is -2.94. The highest BCUT2D eigenvalue weighted by atomic mass is 35.5. The monoisotopic (exact) mass is 403 g/mol. The highest BCUT2D eigenvalue weighted by Crippen LogP contribution is 2.51. The summed E-state index contributed by atoms with van der Waals surface area (Å²) in [6.45, 7) is 0. The van der Waals surface area contributed by atoms with E-state index in [9.17, 15) is 0 Å². The van der Waals surface area contributed by atoms with Gasteiger partial charge in [-0.15, -0.1) is 0 Å². The van der Waals surface area contributed by atoms with E-state index in [1.807, 2.05) is 54.6 Å². The van der Waals surface area contributed by atoms with Gasteiger partial charge >= 0.3 is 0 Å². The normalized spacial score (nSPS) is 12.1. The molecule has 0 N–H and O–H groups in total. The molecule has 0 atom stereocenters. The van der Waals surface area contributed by atoms with E-state index < -0.39 is 0 Å². The van der Waals surface area contributed by atoms with Crippen molar-refractivity contribution < 1.29 is 4.74 Å². The average molecular weight is 404 g/mol. The fourth-order valence-corrected chi connectivity index (χ4v) is 3.80. The van der Waals surface area contributed by atoms with E-state index >= 15 is 0 Å². The lowest BCUT2D eigenvalue weighted by Crippen LogP contribution is -2.15. The van der Waals surface area contributed by atoms with Gasteiger partial charge in [-0.3, -0.25) is 0 Å². The molecule has 5 rings (SSSR count). The zero-order valence-electron chi connectivity index (χ0n) is 14.8. The maximum Gasteiger partial charge on any atom is 0.151 e. The minimum Gasteiger partial charge on any atom is -0.453 e. The largest absolute Gasteiger partial charge is 0.453 e. The minimum atomic E-state index is 0.652. The van der Waals surface area contributed by atoms with Crippen molar-refractivity contribution in [1.29, 1.82) is 0 Å². The lowest BCUT2D eigenvalue weighted by Gasteiger charge is -2.33. The summed E-state index contributed by atoms with van der Waals surface area (Å²) in [6, 6.07) is 30.0. The van der Waals surface area contributed by atoms with Gasteiger partial charge in [0.2, 0.25) is 0 Å². The summed E-state index contributed by atoms with van der Waals surface area (Å²) in [4.78, 5) is 2.13. The lowest BCUT2D eigenvalue weighted by atomic mass is 10.0. The van der Waals surface area contributed by atoms with E-state index in [-0.39, 0.29) is 0 Å². The van der Waals surface area contributed by atoms with Crippen LogP contribution in [0.5, 0.6) is 11.5 Å². The Bertz CT molecular complexity index is 1110. The number of anilines is 3. The zero-order valence-corrected chi connectivity index (χ0v) is 16.3. The first-order chi connectivity index (χ1) is 13.7. The van der Waals surface area contributed by atoms with Crippen molar-refractivity contribution in [2.75, 3.05) is 4.90 Å². The van der Waals surface area contributed by atoms with Gasteiger partial charge in [0.15, 0.2) is 11.5 Å². The van der Waals surface area contributed by atoms with E-state index in [1.165, 1.54) is 5.56 Å². The van der Waals surface area contributed by atoms with Gasteiger partial charge < -0.3 is 9.64 Å². The van der Waals surface area contributed by atoms with Crippen LogP contribution in [0.1, 0.15) is 0 Å². The van der Waals surface area contributed by atoms with Gasteiger partial charge in [0, 0.05) is 15.7 Å². The summed E-state index contributed by atoms with van der Waals surface area (Å²) in [5, 5.41) is 1.30. The van der Waals surface area contributed by atoms with E-state index in [0.29, 0.717) is 10.0 Å². The number of hydrogen-bond donors (Lipinski definition) is 0. The number of ether oxygens (including phenoxy) is 1. The molecule has 0 bridgehead atoms. The molecule has 136 valence electrons. The Morgan fingerprint density at radius 1 is 0.571 bits per heavy atom. The fraction of sp³-hybridized carbons (Fsp3) is 0.